The molecule has 2 heterocycles. The highest BCUT2D eigenvalue weighted by Crippen LogP contribution is 2.61. The summed E-state index contributed by atoms with van der Waals surface area (Å²) in [5, 5.41) is 7.70. The Morgan fingerprint density at radius 2 is 2.05 bits per heavy atom. The smallest absolute Gasteiger partial charge is 0.261 e. The number of aryl methyl sites for hydroxylation is 2. The number of nitrogens with one attached hydrogen (secondary N) is 2. The van der Waals surface area contributed by atoms with Crippen LogP contribution in [-0.2, 0) is 13.0 Å². The molecular formula is C33H43FN6O2. The number of anilines is 1. The Hall–Kier alpha value is -3.46. The number of methoxy groups -OCH3 is 1. The van der Waals surface area contributed by atoms with E-state index in [1.165, 1.54) is 19.6 Å². The van der Waals surface area contributed by atoms with Crippen LogP contribution in [0.2, 0.25) is 0 Å². The second kappa shape index (κ2) is 11.3. The normalized spacial score (nSPS) is 27.0. The van der Waals surface area contributed by atoms with Crippen LogP contribution in [-0.4, -0.2) is 59.2 Å². The second-order valence-electron chi connectivity index (χ2n) is 13.1. The quantitative estimate of drug-likeness (QED) is 0.321. The average molecular weight is 575 g/mol. The lowest BCUT2D eigenvalue weighted by Gasteiger charge is -2.61. The molecule has 1 saturated heterocycles. The molecule has 1 aliphatic heterocycles. The number of nitrogens with zero attached hydrogens (tertiary/aromatic N) is 4. The number of aliphatic imine (C=N–C) groups is 1. The lowest BCUT2D eigenvalue weighted by Crippen LogP contribution is -2.57. The number of piperazine rings is 1. The van der Waals surface area contributed by atoms with Gasteiger partial charge in [0.1, 0.15) is 11.6 Å². The number of halogens is 1. The van der Waals surface area contributed by atoms with Crippen LogP contribution >= 0.6 is 0 Å². The van der Waals surface area contributed by atoms with E-state index >= 15 is 0 Å². The Labute approximate surface area is 247 Å². The van der Waals surface area contributed by atoms with Gasteiger partial charge in [0.2, 0.25) is 0 Å². The van der Waals surface area contributed by atoms with Gasteiger partial charge in [0.05, 0.1) is 30.4 Å². The molecule has 4 aliphatic rings. The maximum atomic E-state index is 14.4. The molecule has 42 heavy (non-hydrogen) atoms. The lowest BCUT2D eigenvalue weighted by atomic mass is 9.45. The van der Waals surface area contributed by atoms with Crippen molar-refractivity contribution in [2.24, 2.45) is 28.2 Å². The van der Waals surface area contributed by atoms with Gasteiger partial charge in [0.15, 0.2) is 5.96 Å². The fraction of sp³-hybridized carbons (Fsp3) is 0.545. The van der Waals surface area contributed by atoms with E-state index in [4.69, 9.17) is 9.73 Å². The average Bonchev–Trinajstić information content (AvgIpc) is 2.97. The number of aromatic nitrogens is 2. The number of rotatable bonds is 6. The Balaban J connectivity index is 1.22. The molecule has 9 heteroatoms. The highest BCUT2D eigenvalue weighted by molar-refractivity contribution is 5.96. The molecule has 3 aliphatic carbocycles. The van der Waals surface area contributed by atoms with E-state index in [0.29, 0.717) is 58.6 Å². The minimum Gasteiger partial charge on any atom is -0.497 e. The van der Waals surface area contributed by atoms with Crippen molar-refractivity contribution in [2.45, 2.75) is 65.6 Å². The largest absolute Gasteiger partial charge is 0.497 e. The summed E-state index contributed by atoms with van der Waals surface area (Å²) in [5.41, 5.74) is 2.31. The molecule has 2 bridgehead atoms. The third kappa shape index (κ3) is 5.39. The maximum absolute atomic E-state index is 14.4. The summed E-state index contributed by atoms with van der Waals surface area (Å²) in [4.78, 5) is 25.6. The van der Waals surface area contributed by atoms with Crippen molar-refractivity contribution in [3.63, 3.8) is 0 Å². The van der Waals surface area contributed by atoms with E-state index in [0.717, 1.165) is 49.5 Å². The zero-order valence-corrected chi connectivity index (χ0v) is 25.4. The summed E-state index contributed by atoms with van der Waals surface area (Å²) in [6, 6.07) is 11.2. The Morgan fingerprint density at radius 1 is 1.21 bits per heavy atom. The second-order valence-corrected chi connectivity index (χ2v) is 13.1. The summed E-state index contributed by atoms with van der Waals surface area (Å²) < 4.78 is 21.0. The zero-order valence-electron chi connectivity index (χ0n) is 25.4. The minimum absolute atomic E-state index is 0.136. The Kier molecular flexibility index (Phi) is 7.72. The molecule has 0 unspecified atom stereocenters. The summed E-state index contributed by atoms with van der Waals surface area (Å²) in [5.74, 6) is 3.05. The number of benzene rings is 2. The van der Waals surface area contributed by atoms with Crippen molar-refractivity contribution in [1.29, 1.82) is 0 Å². The van der Waals surface area contributed by atoms with E-state index in [1.807, 2.05) is 18.2 Å². The van der Waals surface area contributed by atoms with Gasteiger partial charge in [-0.05, 0) is 79.2 Å². The van der Waals surface area contributed by atoms with Crippen LogP contribution in [0.3, 0.4) is 0 Å². The van der Waals surface area contributed by atoms with Gasteiger partial charge in [-0.3, -0.25) is 9.36 Å². The summed E-state index contributed by atoms with van der Waals surface area (Å²) in [6.07, 6.45) is 4.40. The first-order chi connectivity index (χ1) is 20.1. The van der Waals surface area contributed by atoms with Crippen LogP contribution < -0.4 is 20.9 Å². The van der Waals surface area contributed by atoms with Gasteiger partial charge >= 0.3 is 0 Å². The molecule has 224 valence electrons. The van der Waals surface area contributed by atoms with Crippen molar-refractivity contribution < 1.29 is 9.13 Å². The molecule has 0 amide bonds. The first kappa shape index (κ1) is 28.6. The topological polar surface area (TPSA) is 83.8 Å². The van der Waals surface area contributed by atoms with Crippen molar-refractivity contribution in [2.75, 3.05) is 32.1 Å². The van der Waals surface area contributed by atoms with Gasteiger partial charge < -0.3 is 20.3 Å². The van der Waals surface area contributed by atoms with Crippen LogP contribution in [0.4, 0.5) is 10.1 Å². The van der Waals surface area contributed by atoms with Crippen LogP contribution in [0.5, 0.6) is 5.75 Å². The monoisotopic (exact) mass is 574 g/mol. The molecule has 3 aromatic rings. The van der Waals surface area contributed by atoms with E-state index in [9.17, 15) is 9.18 Å². The molecule has 0 spiro atoms. The molecule has 1 aromatic heterocycles. The molecule has 0 radical (unpaired) electrons. The Morgan fingerprint density at radius 3 is 2.76 bits per heavy atom. The van der Waals surface area contributed by atoms with Crippen LogP contribution in [0, 0.1) is 29.0 Å². The van der Waals surface area contributed by atoms with Crippen molar-refractivity contribution in [1.82, 2.24) is 19.8 Å². The first-order valence-electron chi connectivity index (χ1n) is 15.3. The predicted octanol–water partition coefficient (Wildman–Crippen LogP) is 4.92. The molecule has 2 aromatic carbocycles. The van der Waals surface area contributed by atoms with Gasteiger partial charge in [-0.1, -0.05) is 26.8 Å². The van der Waals surface area contributed by atoms with E-state index in [-0.39, 0.29) is 11.4 Å². The highest BCUT2D eigenvalue weighted by Gasteiger charge is 2.56. The number of hydrogen-bond acceptors (Lipinski definition) is 5. The molecule has 8 nitrogen and oxygen atoms in total. The third-order valence-corrected chi connectivity index (χ3v) is 10.2. The molecule has 4 fully saturated rings. The fourth-order valence-electron chi connectivity index (χ4n) is 7.39. The Bertz CT molecular complexity index is 1550. The molecule has 2 N–H and O–H groups in total. The van der Waals surface area contributed by atoms with Crippen molar-refractivity contribution >= 4 is 22.5 Å². The van der Waals surface area contributed by atoms with Gasteiger partial charge in [-0.15, -0.1) is 0 Å². The number of guanidine groups is 1. The summed E-state index contributed by atoms with van der Waals surface area (Å²) in [7, 11) is 1.51. The molecule has 5 atom stereocenters. The molecular weight excluding hydrogens is 531 g/mol. The van der Waals surface area contributed by atoms with Crippen LogP contribution in [0.25, 0.3) is 10.9 Å². The lowest BCUT2D eigenvalue weighted by molar-refractivity contribution is -0.108. The van der Waals surface area contributed by atoms with Crippen molar-refractivity contribution in [3.05, 3.63) is 64.5 Å². The summed E-state index contributed by atoms with van der Waals surface area (Å²) >= 11 is 0. The van der Waals surface area contributed by atoms with Gasteiger partial charge in [-0.25, -0.2) is 14.4 Å². The van der Waals surface area contributed by atoms with Gasteiger partial charge in [-0.2, -0.15) is 0 Å². The third-order valence-electron chi connectivity index (χ3n) is 10.2. The minimum atomic E-state index is -0.341. The number of fused-ring (bicyclic) bond motifs is 3. The number of hydrogen-bond donors (Lipinski definition) is 2. The van der Waals surface area contributed by atoms with E-state index in [1.54, 1.807) is 23.0 Å². The van der Waals surface area contributed by atoms with Gasteiger partial charge in [0.25, 0.3) is 5.56 Å². The van der Waals surface area contributed by atoms with E-state index in [2.05, 4.69) is 48.2 Å². The summed E-state index contributed by atoms with van der Waals surface area (Å²) in [6.45, 7) is 12.5. The maximum Gasteiger partial charge on any atom is 0.261 e. The van der Waals surface area contributed by atoms with Crippen LogP contribution in [0.1, 0.15) is 46.1 Å². The van der Waals surface area contributed by atoms with Crippen LogP contribution in [0.15, 0.2) is 52.5 Å². The zero-order chi connectivity index (χ0) is 29.6. The highest BCUT2D eigenvalue weighted by atomic mass is 19.1. The molecule has 7 rings (SSSR count). The molecule has 3 saturated carbocycles. The van der Waals surface area contributed by atoms with Crippen molar-refractivity contribution in [3.8, 4) is 5.75 Å². The SMILES string of the molecule is COc1ccc(CCn2cnc3cc(NC(=N[C@@H]4C[C@H]5C[C@@H]([C@H]4C)C5(C)C)N4CCN[C@@H](C)C4)ccc3c2=O)c(F)c1. The predicted molar refractivity (Wildman–Crippen MR) is 166 cm³/mol. The fourth-order valence-corrected chi connectivity index (χ4v) is 7.39. The standard InChI is InChI=1S/C33H43FN6O2/c1-20-18-39(13-11-35-20)32(38-29-15-23-14-27(21(29)2)33(23,3)4)37-24-7-9-26-30(16-24)36-19-40(31(26)41)12-10-22-6-8-25(42-5)17-28(22)34/h6-9,16-17,19-21,23,27,29,35H,10-15,18H2,1-5H3,(H,37,38)/t20-,21+,23+,27-,29+/m0/s1. The van der Waals surface area contributed by atoms with E-state index < -0.39 is 0 Å². The number of ether oxygens (including phenoxy) is 1. The first-order valence-corrected chi connectivity index (χ1v) is 15.3. The van der Waals surface area contributed by atoms with Gasteiger partial charge in [0, 0.05) is 44.0 Å².